The average molecular weight is 325 g/mol. The summed E-state index contributed by atoms with van der Waals surface area (Å²) in [5, 5.41) is 14.5. The van der Waals surface area contributed by atoms with Gasteiger partial charge in [0.05, 0.1) is 22.5 Å². The number of benzene rings is 1. The Balaban J connectivity index is 2.21. The molecule has 8 heteroatoms. The van der Waals surface area contributed by atoms with Gasteiger partial charge >= 0.3 is 0 Å². The number of hydrogen-bond donors (Lipinski definition) is 3. The number of nitrogens with zero attached hydrogens (tertiary/aromatic N) is 2. The molecule has 1 aromatic heterocycles. The number of hydrogen-bond acceptors (Lipinski definition) is 6. The van der Waals surface area contributed by atoms with E-state index in [1.54, 1.807) is 6.92 Å². The number of nitrogens with one attached hydrogen (secondary N) is 1. The Morgan fingerprint density at radius 2 is 2.24 bits per heavy atom. The Hall–Kier alpha value is -2.12. The van der Waals surface area contributed by atoms with Gasteiger partial charge in [-0.3, -0.25) is 4.79 Å². The van der Waals surface area contributed by atoms with Crippen LogP contribution in [0.2, 0.25) is 5.02 Å². The number of carbonyl (C=O) groups is 1. The van der Waals surface area contributed by atoms with Crippen molar-refractivity contribution in [1.82, 2.24) is 9.80 Å². The van der Waals surface area contributed by atoms with Gasteiger partial charge in [0.15, 0.2) is 0 Å². The topological polar surface area (TPSA) is 101 Å². The van der Waals surface area contributed by atoms with E-state index in [-0.39, 0.29) is 11.3 Å². The number of phenolic OH excluding ortho intramolecular Hbond substituents is 1. The smallest absolute Gasteiger partial charge is 0.275 e. The number of aromatic hydroxyl groups is 1. The fourth-order valence-corrected chi connectivity index (χ4v) is 2.65. The zero-order valence-electron chi connectivity index (χ0n) is 11.3. The monoisotopic (exact) mass is 324 g/mol. The molecule has 0 saturated heterocycles. The minimum Gasteiger partial charge on any atom is -0.507 e. The first-order valence-corrected chi connectivity index (χ1v) is 7.10. The van der Waals surface area contributed by atoms with Crippen molar-refractivity contribution in [1.29, 1.82) is 0 Å². The van der Waals surface area contributed by atoms with Crippen LogP contribution in [0, 0.1) is 6.92 Å². The normalized spacial score (nSPS) is 11.5. The number of aryl methyl sites for hydroxylation is 1. The molecule has 2 aromatic rings. The number of phenols is 1. The molecule has 0 aliphatic rings. The Morgan fingerprint density at radius 1 is 1.52 bits per heavy atom. The van der Waals surface area contributed by atoms with Crippen molar-refractivity contribution >= 4 is 39.8 Å². The molecule has 1 amide bonds. The van der Waals surface area contributed by atoms with Crippen LogP contribution in [0.15, 0.2) is 23.3 Å². The van der Waals surface area contributed by atoms with E-state index in [0.717, 1.165) is 5.69 Å². The molecule has 0 fully saturated rings. The number of aromatic nitrogens is 1. The van der Waals surface area contributed by atoms with Crippen molar-refractivity contribution in [3.05, 3.63) is 40.0 Å². The summed E-state index contributed by atoms with van der Waals surface area (Å²) in [6.07, 6.45) is 0. The standard InChI is InChI=1S/C13H13ClN4O2S/c1-6(11-7(2)18-21-12(11)15)16-17-13(20)9-5-8(14)3-4-10(9)19/h3-5,19H,15H2,1-2H3,(H,17,20)/b16-6-. The average Bonchev–Trinajstić information content (AvgIpc) is 2.78. The lowest BCUT2D eigenvalue weighted by molar-refractivity contribution is 0.0952. The van der Waals surface area contributed by atoms with Crippen LogP contribution in [-0.4, -0.2) is 21.1 Å². The maximum absolute atomic E-state index is 12.0. The quantitative estimate of drug-likeness (QED) is 0.596. The van der Waals surface area contributed by atoms with Gasteiger partial charge in [0, 0.05) is 5.02 Å². The third kappa shape index (κ3) is 3.32. The molecule has 0 atom stereocenters. The highest BCUT2D eigenvalue weighted by atomic mass is 35.5. The van der Waals surface area contributed by atoms with E-state index in [2.05, 4.69) is 14.9 Å². The number of nitrogens with two attached hydrogens (primary N) is 1. The number of hydrazone groups is 1. The summed E-state index contributed by atoms with van der Waals surface area (Å²) in [7, 11) is 0. The van der Waals surface area contributed by atoms with E-state index in [9.17, 15) is 9.90 Å². The van der Waals surface area contributed by atoms with Gasteiger partial charge < -0.3 is 10.8 Å². The Labute approximate surface area is 130 Å². The summed E-state index contributed by atoms with van der Waals surface area (Å²) in [4.78, 5) is 12.0. The fourth-order valence-electron chi connectivity index (χ4n) is 1.77. The molecule has 2 rings (SSSR count). The molecule has 0 saturated carbocycles. The summed E-state index contributed by atoms with van der Waals surface area (Å²) in [6.45, 7) is 3.52. The van der Waals surface area contributed by atoms with Gasteiger partial charge in [0.2, 0.25) is 0 Å². The third-order valence-corrected chi connectivity index (χ3v) is 3.78. The molecule has 1 aromatic carbocycles. The van der Waals surface area contributed by atoms with Crippen molar-refractivity contribution in [2.45, 2.75) is 13.8 Å². The SMILES string of the molecule is C/C(=N/NC(=O)c1cc(Cl)ccc1O)c1c(C)nsc1N. The molecule has 4 N–H and O–H groups in total. The van der Waals surface area contributed by atoms with E-state index in [0.29, 0.717) is 21.3 Å². The molecule has 110 valence electrons. The first-order valence-electron chi connectivity index (χ1n) is 5.95. The molecule has 21 heavy (non-hydrogen) atoms. The first-order chi connectivity index (χ1) is 9.90. The van der Waals surface area contributed by atoms with Crippen LogP contribution >= 0.6 is 23.1 Å². The van der Waals surface area contributed by atoms with Crippen molar-refractivity contribution in [2.75, 3.05) is 5.73 Å². The van der Waals surface area contributed by atoms with E-state index in [1.807, 2.05) is 6.92 Å². The number of anilines is 1. The Morgan fingerprint density at radius 3 is 2.86 bits per heavy atom. The van der Waals surface area contributed by atoms with Crippen molar-refractivity contribution in [3.8, 4) is 5.75 Å². The minimum absolute atomic E-state index is 0.0483. The molecule has 0 radical (unpaired) electrons. The second-order valence-corrected chi connectivity index (χ2v) is 5.55. The molecule has 1 heterocycles. The zero-order valence-corrected chi connectivity index (χ0v) is 12.9. The second kappa shape index (κ2) is 6.11. The van der Waals surface area contributed by atoms with Gasteiger partial charge in [-0.1, -0.05) is 11.6 Å². The first kappa shape index (κ1) is 15.3. The fraction of sp³-hybridized carbons (Fsp3) is 0.154. The summed E-state index contributed by atoms with van der Waals surface area (Å²) in [6, 6.07) is 4.20. The highest BCUT2D eigenvalue weighted by Gasteiger charge is 2.13. The minimum atomic E-state index is -0.561. The highest BCUT2D eigenvalue weighted by molar-refractivity contribution is 7.10. The maximum atomic E-state index is 12.0. The summed E-state index contributed by atoms with van der Waals surface area (Å²) >= 11 is 6.97. The van der Waals surface area contributed by atoms with Crippen LogP contribution in [0.3, 0.4) is 0 Å². The van der Waals surface area contributed by atoms with Crippen molar-refractivity contribution in [2.24, 2.45) is 5.10 Å². The predicted octanol–water partition coefficient (Wildman–Crippen LogP) is 2.55. The van der Waals surface area contributed by atoms with Crippen molar-refractivity contribution < 1.29 is 9.90 Å². The molecule has 6 nitrogen and oxygen atoms in total. The molecule has 0 aliphatic heterocycles. The van der Waals surface area contributed by atoms with Crippen LogP contribution < -0.4 is 11.2 Å². The van der Waals surface area contributed by atoms with Gasteiger partial charge in [-0.2, -0.15) is 9.47 Å². The van der Waals surface area contributed by atoms with Crippen molar-refractivity contribution in [3.63, 3.8) is 0 Å². The maximum Gasteiger partial charge on any atom is 0.275 e. The highest BCUT2D eigenvalue weighted by Crippen LogP contribution is 2.22. The number of nitrogen functional groups attached to an aromatic ring is 1. The lowest BCUT2D eigenvalue weighted by Gasteiger charge is -2.05. The molecular formula is C13H13ClN4O2S. The number of rotatable bonds is 3. The van der Waals surface area contributed by atoms with E-state index in [4.69, 9.17) is 17.3 Å². The van der Waals surface area contributed by atoms with Gasteiger partial charge in [-0.15, -0.1) is 0 Å². The largest absolute Gasteiger partial charge is 0.507 e. The lowest BCUT2D eigenvalue weighted by Crippen LogP contribution is -2.19. The third-order valence-electron chi connectivity index (χ3n) is 2.78. The molecular weight excluding hydrogens is 312 g/mol. The molecule has 0 unspecified atom stereocenters. The molecule has 0 bridgehead atoms. The van der Waals surface area contributed by atoms with Crippen LogP contribution in [0.25, 0.3) is 0 Å². The Kier molecular flexibility index (Phi) is 4.44. The lowest BCUT2D eigenvalue weighted by atomic mass is 10.2. The van der Waals surface area contributed by atoms with Crippen LogP contribution in [0.1, 0.15) is 28.5 Å². The van der Waals surface area contributed by atoms with Crippen LogP contribution in [-0.2, 0) is 0 Å². The van der Waals surface area contributed by atoms with Gasteiger partial charge in [0.25, 0.3) is 5.91 Å². The summed E-state index contributed by atoms with van der Waals surface area (Å²) in [5.41, 5.74) is 10.2. The van der Waals surface area contributed by atoms with E-state index >= 15 is 0 Å². The molecule has 0 spiro atoms. The number of halogens is 1. The van der Waals surface area contributed by atoms with Gasteiger partial charge in [-0.05, 0) is 43.6 Å². The van der Waals surface area contributed by atoms with E-state index < -0.39 is 5.91 Å². The zero-order chi connectivity index (χ0) is 15.6. The van der Waals surface area contributed by atoms with Crippen LogP contribution in [0.5, 0.6) is 5.75 Å². The van der Waals surface area contributed by atoms with Gasteiger partial charge in [0.1, 0.15) is 10.8 Å². The molecule has 0 aliphatic carbocycles. The predicted molar refractivity (Wildman–Crippen MR) is 84.1 cm³/mol. The summed E-state index contributed by atoms with van der Waals surface area (Å²) < 4.78 is 4.11. The van der Waals surface area contributed by atoms with Gasteiger partial charge in [-0.25, -0.2) is 5.43 Å². The Bertz CT molecular complexity index is 707. The summed E-state index contributed by atoms with van der Waals surface area (Å²) in [5.74, 6) is -0.730. The van der Waals surface area contributed by atoms with E-state index in [1.165, 1.54) is 29.7 Å². The number of amides is 1. The second-order valence-electron chi connectivity index (χ2n) is 4.31. The van der Waals surface area contributed by atoms with Crippen LogP contribution in [0.4, 0.5) is 5.00 Å². The number of carbonyl (C=O) groups excluding carboxylic acids is 1.